The zero-order valence-electron chi connectivity index (χ0n) is 12.4. The van der Waals surface area contributed by atoms with Crippen LogP contribution in [0.15, 0.2) is 24.3 Å². The summed E-state index contributed by atoms with van der Waals surface area (Å²) in [4.78, 5) is 2.35. The number of rotatable bonds is 5. The number of hydrogen-bond acceptors (Lipinski definition) is 2. The summed E-state index contributed by atoms with van der Waals surface area (Å²) in [5.41, 5.74) is 0.309. The van der Waals surface area contributed by atoms with Crippen molar-refractivity contribution in [1.82, 2.24) is 10.2 Å². The lowest BCUT2D eigenvalue weighted by molar-refractivity contribution is -0.137. The standard InChI is InChI=1S/C16H23F3N2/c1-21-10-7-13(8-11-21)6-9-20-12-14-2-4-15(5-3-14)16(17,18)19/h2-5,13,20H,6-12H2,1H3. The minimum Gasteiger partial charge on any atom is -0.313 e. The molecule has 0 atom stereocenters. The van der Waals surface area contributed by atoms with Crippen LogP contribution in [0.4, 0.5) is 13.2 Å². The van der Waals surface area contributed by atoms with Gasteiger partial charge in [0.05, 0.1) is 5.56 Å². The van der Waals surface area contributed by atoms with Gasteiger partial charge in [0.2, 0.25) is 0 Å². The van der Waals surface area contributed by atoms with Crippen molar-refractivity contribution in [3.05, 3.63) is 35.4 Å². The molecule has 0 amide bonds. The second-order valence-electron chi connectivity index (χ2n) is 5.91. The van der Waals surface area contributed by atoms with Crippen molar-refractivity contribution < 1.29 is 13.2 Å². The van der Waals surface area contributed by atoms with Crippen LogP contribution in [0.25, 0.3) is 0 Å². The lowest BCUT2D eigenvalue weighted by Crippen LogP contribution is -2.31. The van der Waals surface area contributed by atoms with Gasteiger partial charge in [0.1, 0.15) is 0 Å². The van der Waals surface area contributed by atoms with Gasteiger partial charge in [-0.25, -0.2) is 0 Å². The second-order valence-corrected chi connectivity index (χ2v) is 5.91. The van der Waals surface area contributed by atoms with Crippen LogP contribution in [0.3, 0.4) is 0 Å². The van der Waals surface area contributed by atoms with Crippen molar-refractivity contribution >= 4 is 0 Å². The van der Waals surface area contributed by atoms with Gasteiger partial charge in [-0.2, -0.15) is 13.2 Å². The van der Waals surface area contributed by atoms with Gasteiger partial charge in [0.25, 0.3) is 0 Å². The fourth-order valence-electron chi connectivity index (χ4n) is 2.70. The Kier molecular flexibility index (Phi) is 5.65. The predicted octanol–water partition coefficient (Wildman–Crippen LogP) is 3.53. The smallest absolute Gasteiger partial charge is 0.313 e. The third-order valence-electron chi connectivity index (χ3n) is 4.18. The zero-order valence-corrected chi connectivity index (χ0v) is 12.4. The van der Waals surface area contributed by atoms with Crippen LogP contribution >= 0.6 is 0 Å². The molecule has 21 heavy (non-hydrogen) atoms. The number of nitrogens with zero attached hydrogens (tertiary/aromatic N) is 1. The third-order valence-corrected chi connectivity index (χ3v) is 4.18. The molecule has 2 nitrogen and oxygen atoms in total. The number of hydrogen-bond donors (Lipinski definition) is 1. The summed E-state index contributed by atoms with van der Waals surface area (Å²) < 4.78 is 37.3. The monoisotopic (exact) mass is 300 g/mol. The van der Waals surface area contributed by atoms with E-state index in [4.69, 9.17) is 0 Å². The second kappa shape index (κ2) is 7.27. The minimum absolute atomic E-state index is 0.586. The highest BCUT2D eigenvalue weighted by atomic mass is 19.4. The van der Waals surface area contributed by atoms with Crippen LogP contribution in [-0.4, -0.2) is 31.6 Å². The maximum Gasteiger partial charge on any atom is 0.416 e. The van der Waals surface area contributed by atoms with Crippen LogP contribution in [0.1, 0.15) is 30.4 Å². The molecule has 1 aliphatic rings. The molecule has 1 aliphatic heterocycles. The molecule has 5 heteroatoms. The van der Waals surface area contributed by atoms with Gasteiger partial charge >= 0.3 is 6.18 Å². The van der Waals surface area contributed by atoms with Gasteiger partial charge in [0.15, 0.2) is 0 Å². The molecule has 1 aromatic rings. The number of piperidine rings is 1. The maximum atomic E-state index is 12.4. The molecule has 1 N–H and O–H groups in total. The number of alkyl halides is 3. The van der Waals surface area contributed by atoms with Gasteiger partial charge < -0.3 is 10.2 Å². The summed E-state index contributed by atoms with van der Waals surface area (Å²) in [6.45, 7) is 3.90. The van der Waals surface area contributed by atoms with Gasteiger partial charge in [0, 0.05) is 6.54 Å². The van der Waals surface area contributed by atoms with Crippen molar-refractivity contribution in [2.24, 2.45) is 5.92 Å². The van der Waals surface area contributed by atoms with Gasteiger partial charge in [-0.05, 0) is 69.6 Å². The Morgan fingerprint density at radius 1 is 1.14 bits per heavy atom. The first-order valence-electron chi connectivity index (χ1n) is 7.50. The van der Waals surface area contributed by atoms with E-state index in [9.17, 15) is 13.2 Å². The molecular weight excluding hydrogens is 277 g/mol. The zero-order chi connectivity index (χ0) is 15.3. The average Bonchev–Trinajstić information content (AvgIpc) is 2.45. The quantitative estimate of drug-likeness (QED) is 0.837. The fourth-order valence-corrected chi connectivity index (χ4v) is 2.70. The number of halogens is 3. The summed E-state index contributed by atoms with van der Waals surface area (Å²) in [5, 5.41) is 3.32. The molecule has 0 aliphatic carbocycles. The molecule has 0 saturated carbocycles. The van der Waals surface area contributed by atoms with Crippen molar-refractivity contribution in [2.45, 2.75) is 32.0 Å². The Hall–Kier alpha value is -1.07. The van der Waals surface area contributed by atoms with E-state index in [1.807, 2.05) is 0 Å². The Balaban J connectivity index is 1.67. The van der Waals surface area contributed by atoms with E-state index in [1.165, 1.54) is 25.9 Å². The Bertz CT molecular complexity index is 420. The van der Waals surface area contributed by atoms with E-state index in [-0.39, 0.29) is 0 Å². The van der Waals surface area contributed by atoms with Crippen LogP contribution in [0.2, 0.25) is 0 Å². The fraction of sp³-hybridized carbons (Fsp3) is 0.625. The highest BCUT2D eigenvalue weighted by Gasteiger charge is 2.29. The van der Waals surface area contributed by atoms with Crippen LogP contribution in [-0.2, 0) is 12.7 Å². The van der Waals surface area contributed by atoms with E-state index < -0.39 is 11.7 Å². The molecule has 0 unspecified atom stereocenters. The number of nitrogens with one attached hydrogen (secondary N) is 1. The molecule has 0 aromatic heterocycles. The molecule has 2 rings (SSSR count). The van der Waals surface area contributed by atoms with Gasteiger partial charge in [-0.1, -0.05) is 12.1 Å². The van der Waals surface area contributed by atoms with E-state index in [0.717, 1.165) is 36.6 Å². The first-order chi connectivity index (χ1) is 9.95. The normalized spacial score (nSPS) is 18.1. The van der Waals surface area contributed by atoms with Gasteiger partial charge in [-0.3, -0.25) is 0 Å². The predicted molar refractivity (Wildman–Crippen MR) is 78.0 cm³/mol. The van der Waals surface area contributed by atoms with E-state index in [0.29, 0.717) is 6.54 Å². The van der Waals surface area contributed by atoms with E-state index in [1.54, 1.807) is 12.1 Å². The molecule has 0 spiro atoms. The highest BCUT2D eigenvalue weighted by molar-refractivity contribution is 5.24. The lowest BCUT2D eigenvalue weighted by atomic mass is 9.94. The number of benzene rings is 1. The van der Waals surface area contributed by atoms with Crippen molar-refractivity contribution in [1.29, 1.82) is 0 Å². The third kappa shape index (κ3) is 5.32. The molecule has 1 fully saturated rings. The Morgan fingerprint density at radius 2 is 1.76 bits per heavy atom. The maximum absolute atomic E-state index is 12.4. The summed E-state index contributed by atoms with van der Waals surface area (Å²) in [6, 6.07) is 5.39. The average molecular weight is 300 g/mol. The summed E-state index contributed by atoms with van der Waals surface area (Å²) in [5.74, 6) is 0.779. The molecular formula is C16H23F3N2. The van der Waals surface area contributed by atoms with E-state index in [2.05, 4.69) is 17.3 Å². The molecule has 0 radical (unpaired) electrons. The first-order valence-corrected chi connectivity index (χ1v) is 7.50. The summed E-state index contributed by atoms with van der Waals surface area (Å²) in [7, 11) is 2.15. The van der Waals surface area contributed by atoms with Crippen LogP contribution in [0.5, 0.6) is 0 Å². The number of likely N-dealkylation sites (tertiary alicyclic amines) is 1. The van der Waals surface area contributed by atoms with Crippen molar-refractivity contribution in [3.8, 4) is 0 Å². The minimum atomic E-state index is -4.25. The molecule has 0 bridgehead atoms. The molecule has 118 valence electrons. The highest BCUT2D eigenvalue weighted by Crippen LogP contribution is 2.29. The Labute approximate surface area is 124 Å². The largest absolute Gasteiger partial charge is 0.416 e. The molecule has 1 heterocycles. The Morgan fingerprint density at radius 3 is 2.33 bits per heavy atom. The summed E-state index contributed by atoms with van der Waals surface area (Å²) >= 11 is 0. The SMILES string of the molecule is CN1CCC(CCNCc2ccc(C(F)(F)F)cc2)CC1. The van der Waals surface area contributed by atoms with Crippen molar-refractivity contribution in [3.63, 3.8) is 0 Å². The first kappa shape index (κ1) is 16.3. The topological polar surface area (TPSA) is 15.3 Å². The summed E-state index contributed by atoms with van der Waals surface area (Å²) in [6.07, 6.45) is -0.606. The molecule has 1 saturated heterocycles. The van der Waals surface area contributed by atoms with Gasteiger partial charge in [-0.15, -0.1) is 0 Å². The van der Waals surface area contributed by atoms with Crippen molar-refractivity contribution in [2.75, 3.05) is 26.7 Å². The molecule has 1 aromatic carbocycles. The lowest BCUT2D eigenvalue weighted by Gasteiger charge is -2.28. The van der Waals surface area contributed by atoms with Crippen LogP contribution < -0.4 is 5.32 Å². The van der Waals surface area contributed by atoms with E-state index >= 15 is 0 Å². The van der Waals surface area contributed by atoms with Crippen LogP contribution in [0, 0.1) is 5.92 Å².